The Hall–Kier alpha value is -2.63. The Labute approximate surface area is 229 Å². The average Bonchev–Trinajstić information content (AvgIpc) is 3.16. The summed E-state index contributed by atoms with van der Waals surface area (Å²) in [5, 5.41) is 0.655. The largest absolute Gasteiger partial charge is 0.444 e. The van der Waals surface area contributed by atoms with E-state index in [1.807, 2.05) is 25.7 Å². The standard InChI is InChI=1S/C27H34F3N5O3S/c1-25(2,3)38-24(37)35-14-26(5-6-26)10-20(35)23(36)33-7-4-16-11-34(13-17(16)12-33)21-19-8-18(9-27(28,29)30)39-22(19)32-15-31-21/h8,15-17,20H,4-7,9-14H2,1-3H3/t16-,17+,20-/m0/s1. The third-order valence-corrected chi connectivity index (χ3v) is 9.57. The number of alkyl halides is 3. The maximum atomic E-state index is 13.8. The summed E-state index contributed by atoms with van der Waals surface area (Å²) in [6.45, 7) is 8.73. The van der Waals surface area contributed by atoms with Gasteiger partial charge in [0.15, 0.2) is 0 Å². The Bertz CT molecular complexity index is 1290. The van der Waals surface area contributed by atoms with Gasteiger partial charge in [-0.2, -0.15) is 13.2 Å². The van der Waals surface area contributed by atoms with E-state index in [0.29, 0.717) is 54.6 Å². The second-order valence-electron chi connectivity index (χ2n) is 12.7. The molecule has 2 amide bonds. The smallest absolute Gasteiger partial charge is 0.410 e. The predicted molar refractivity (Wildman–Crippen MR) is 141 cm³/mol. The van der Waals surface area contributed by atoms with Crippen molar-refractivity contribution < 1.29 is 27.5 Å². The molecule has 0 N–H and O–H groups in total. The molecule has 12 heteroatoms. The van der Waals surface area contributed by atoms with E-state index in [1.165, 1.54) is 6.33 Å². The highest BCUT2D eigenvalue weighted by atomic mass is 32.1. The molecule has 39 heavy (non-hydrogen) atoms. The van der Waals surface area contributed by atoms with Crippen molar-refractivity contribution in [3.05, 3.63) is 17.3 Å². The monoisotopic (exact) mass is 565 g/mol. The van der Waals surface area contributed by atoms with Gasteiger partial charge in [-0.3, -0.25) is 9.69 Å². The number of hydrogen-bond donors (Lipinski definition) is 0. The van der Waals surface area contributed by atoms with Gasteiger partial charge in [-0.15, -0.1) is 11.3 Å². The van der Waals surface area contributed by atoms with Crippen LogP contribution in [0.15, 0.2) is 12.4 Å². The van der Waals surface area contributed by atoms with Crippen LogP contribution >= 0.6 is 11.3 Å². The lowest BCUT2D eigenvalue weighted by Crippen LogP contribution is -2.52. The lowest BCUT2D eigenvalue weighted by atomic mass is 9.88. The summed E-state index contributed by atoms with van der Waals surface area (Å²) in [7, 11) is 0. The van der Waals surface area contributed by atoms with Gasteiger partial charge in [0.1, 0.15) is 28.6 Å². The molecule has 1 aliphatic carbocycles. The molecule has 2 aromatic heterocycles. The van der Waals surface area contributed by atoms with Crippen LogP contribution in [0.3, 0.4) is 0 Å². The third-order valence-electron chi connectivity index (χ3n) is 8.52. The number of aromatic nitrogens is 2. The number of amides is 2. The molecule has 0 aromatic carbocycles. The van der Waals surface area contributed by atoms with Crippen LogP contribution in [-0.4, -0.2) is 82.3 Å². The molecule has 2 aromatic rings. The fraction of sp³-hybridized carbons (Fsp3) is 0.704. The molecule has 212 valence electrons. The van der Waals surface area contributed by atoms with Crippen LogP contribution < -0.4 is 4.90 Å². The van der Waals surface area contributed by atoms with Gasteiger partial charge in [0.05, 0.1) is 11.8 Å². The number of ether oxygens (including phenoxy) is 1. The first-order valence-corrected chi connectivity index (χ1v) is 14.4. The second kappa shape index (κ2) is 9.21. The van der Waals surface area contributed by atoms with Crippen molar-refractivity contribution in [1.29, 1.82) is 0 Å². The number of fused-ring (bicyclic) bond motifs is 2. The highest BCUT2D eigenvalue weighted by Crippen LogP contribution is 2.55. The molecule has 8 nitrogen and oxygen atoms in total. The SMILES string of the molecule is CC(C)(C)OC(=O)N1CC2(CC2)C[C@H]1C(=O)N1CC[C@H]2CN(c3ncnc4sc(CC(F)(F)F)cc34)C[C@H]2C1. The number of carbonyl (C=O) groups is 2. The number of nitrogens with zero attached hydrogens (tertiary/aromatic N) is 5. The Morgan fingerprint density at radius 1 is 1.13 bits per heavy atom. The summed E-state index contributed by atoms with van der Waals surface area (Å²) in [6, 6.07) is 1.08. The summed E-state index contributed by atoms with van der Waals surface area (Å²) in [5.41, 5.74) is -0.568. The highest BCUT2D eigenvalue weighted by molar-refractivity contribution is 7.18. The van der Waals surface area contributed by atoms with Crippen LogP contribution in [0.1, 0.15) is 51.3 Å². The summed E-state index contributed by atoms with van der Waals surface area (Å²) >= 11 is 1.06. The summed E-state index contributed by atoms with van der Waals surface area (Å²) < 4.78 is 44.6. The van der Waals surface area contributed by atoms with E-state index in [1.54, 1.807) is 11.0 Å². The van der Waals surface area contributed by atoms with Crippen LogP contribution in [-0.2, 0) is 16.0 Å². The van der Waals surface area contributed by atoms with E-state index >= 15 is 0 Å². The maximum Gasteiger partial charge on any atom is 0.410 e. The van der Waals surface area contributed by atoms with E-state index < -0.39 is 30.3 Å². The fourth-order valence-corrected chi connectivity index (χ4v) is 7.53. The van der Waals surface area contributed by atoms with Gasteiger partial charge in [-0.05, 0) is 69.8 Å². The highest BCUT2D eigenvalue weighted by Gasteiger charge is 2.57. The van der Waals surface area contributed by atoms with Gasteiger partial charge in [-0.1, -0.05) is 0 Å². The van der Waals surface area contributed by atoms with Crippen LogP contribution in [0.5, 0.6) is 0 Å². The Morgan fingerprint density at radius 2 is 1.87 bits per heavy atom. The topological polar surface area (TPSA) is 78.9 Å². The zero-order chi connectivity index (χ0) is 27.7. The van der Waals surface area contributed by atoms with Crippen LogP contribution in [0.25, 0.3) is 10.2 Å². The van der Waals surface area contributed by atoms with Crippen LogP contribution in [0, 0.1) is 17.3 Å². The number of carbonyl (C=O) groups excluding carboxylic acids is 2. The van der Waals surface area contributed by atoms with E-state index in [2.05, 4.69) is 14.9 Å². The molecular formula is C27H34F3N5O3S. The fourth-order valence-electron chi connectivity index (χ4n) is 6.51. The van der Waals surface area contributed by atoms with Gasteiger partial charge in [-0.25, -0.2) is 14.8 Å². The Morgan fingerprint density at radius 3 is 2.56 bits per heavy atom. The van der Waals surface area contributed by atoms with Crippen LogP contribution in [0.4, 0.5) is 23.8 Å². The molecule has 0 unspecified atom stereocenters. The van der Waals surface area contributed by atoms with Crippen molar-refractivity contribution in [2.75, 3.05) is 37.6 Å². The molecule has 0 radical (unpaired) electrons. The number of anilines is 1. The first-order chi connectivity index (χ1) is 18.3. The molecule has 0 bridgehead atoms. The molecule has 3 atom stereocenters. The maximum absolute atomic E-state index is 13.8. The minimum atomic E-state index is -4.27. The number of thiophene rings is 1. The van der Waals surface area contributed by atoms with Crippen molar-refractivity contribution in [2.45, 2.75) is 70.7 Å². The Kier molecular flexibility index (Phi) is 6.28. The summed E-state index contributed by atoms with van der Waals surface area (Å²) in [5.74, 6) is 1.26. The molecule has 1 spiro atoms. The van der Waals surface area contributed by atoms with Gasteiger partial charge in [0.2, 0.25) is 5.91 Å². The predicted octanol–water partition coefficient (Wildman–Crippen LogP) is 4.87. The van der Waals surface area contributed by atoms with Crippen molar-refractivity contribution >= 4 is 39.4 Å². The molecular weight excluding hydrogens is 531 g/mol. The zero-order valence-electron chi connectivity index (χ0n) is 22.5. The first kappa shape index (κ1) is 26.6. The average molecular weight is 566 g/mol. The number of halogens is 3. The van der Waals surface area contributed by atoms with Crippen molar-refractivity contribution in [3.8, 4) is 0 Å². The molecule has 5 heterocycles. The Balaban J connectivity index is 1.15. The number of hydrogen-bond acceptors (Lipinski definition) is 7. The number of piperidine rings is 1. The van der Waals surface area contributed by atoms with Crippen molar-refractivity contribution in [1.82, 2.24) is 19.8 Å². The quantitative estimate of drug-likeness (QED) is 0.529. The van der Waals surface area contributed by atoms with E-state index in [-0.39, 0.29) is 22.1 Å². The molecule has 3 aliphatic heterocycles. The van der Waals surface area contributed by atoms with Crippen molar-refractivity contribution in [2.24, 2.45) is 17.3 Å². The second-order valence-corrected chi connectivity index (χ2v) is 13.9. The normalized spacial score (nSPS) is 26.4. The first-order valence-electron chi connectivity index (χ1n) is 13.6. The summed E-state index contributed by atoms with van der Waals surface area (Å²) in [4.78, 5) is 41.9. The zero-order valence-corrected chi connectivity index (χ0v) is 23.3. The lowest BCUT2D eigenvalue weighted by molar-refractivity contribution is -0.138. The molecule has 4 fully saturated rings. The molecule has 3 saturated heterocycles. The molecule has 4 aliphatic rings. The summed E-state index contributed by atoms with van der Waals surface area (Å²) in [6.07, 6.45) is -0.633. The molecule has 6 rings (SSSR count). The third kappa shape index (κ3) is 5.40. The van der Waals surface area contributed by atoms with Gasteiger partial charge >= 0.3 is 12.3 Å². The van der Waals surface area contributed by atoms with Crippen LogP contribution in [0.2, 0.25) is 0 Å². The molecule has 1 saturated carbocycles. The van der Waals surface area contributed by atoms with Gasteiger partial charge in [0, 0.05) is 37.6 Å². The van der Waals surface area contributed by atoms with E-state index in [0.717, 1.165) is 37.1 Å². The minimum absolute atomic E-state index is 0.000544. The number of rotatable bonds is 3. The number of likely N-dealkylation sites (tertiary alicyclic amines) is 2. The van der Waals surface area contributed by atoms with E-state index in [4.69, 9.17) is 4.74 Å². The van der Waals surface area contributed by atoms with Gasteiger partial charge < -0.3 is 14.5 Å². The van der Waals surface area contributed by atoms with Gasteiger partial charge in [0.25, 0.3) is 0 Å². The lowest BCUT2D eigenvalue weighted by Gasteiger charge is -2.37. The van der Waals surface area contributed by atoms with Crippen molar-refractivity contribution in [3.63, 3.8) is 0 Å². The van der Waals surface area contributed by atoms with E-state index in [9.17, 15) is 22.8 Å². The minimum Gasteiger partial charge on any atom is -0.444 e.